The highest BCUT2D eigenvalue weighted by Gasteiger charge is 2.13. The number of rotatable bonds is 7. The molecule has 0 spiro atoms. The van der Waals surface area contributed by atoms with Gasteiger partial charge in [0.2, 0.25) is 0 Å². The van der Waals surface area contributed by atoms with Crippen molar-refractivity contribution in [3.63, 3.8) is 0 Å². The van der Waals surface area contributed by atoms with Crippen molar-refractivity contribution in [2.24, 2.45) is 0 Å². The topological polar surface area (TPSA) is 18.5 Å². The molecular formula is C28H26O2S2. The molecule has 0 aliphatic rings. The van der Waals surface area contributed by atoms with Crippen molar-refractivity contribution in [2.75, 3.05) is 14.2 Å². The summed E-state index contributed by atoms with van der Waals surface area (Å²) >= 11 is 0. The maximum atomic E-state index is 5.52. The Morgan fingerprint density at radius 1 is 0.500 bits per heavy atom. The van der Waals surface area contributed by atoms with Gasteiger partial charge in [0, 0.05) is 9.79 Å². The summed E-state index contributed by atoms with van der Waals surface area (Å²) in [6.45, 7) is 4.22. The first-order valence-electron chi connectivity index (χ1n) is 10.4. The predicted molar refractivity (Wildman–Crippen MR) is 138 cm³/mol. The largest absolute Gasteiger partial charge is 0.497 e. The van der Waals surface area contributed by atoms with E-state index in [1.807, 2.05) is 12.1 Å². The minimum Gasteiger partial charge on any atom is -0.497 e. The summed E-state index contributed by atoms with van der Waals surface area (Å²) in [5, 5.41) is 0. The van der Waals surface area contributed by atoms with E-state index in [0.29, 0.717) is 0 Å². The quantitative estimate of drug-likeness (QED) is 0.258. The molecule has 0 radical (unpaired) electrons. The van der Waals surface area contributed by atoms with E-state index in [1.165, 1.54) is 33.4 Å². The molecule has 0 N–H and O–H groups in total. The molecule has 4 rings (SSSR count). The van der Waals surface area contributed by atoms with Crippen LogP contribution in [-0.4, -0.2) is 14.2 Å². The summed E-state index contributed by atoms with van der Waals surface area (Å²) in [6, 6.07) is 29.8. The minimum absolute atomic E-state index is 0.855. The second-order valence-electron chi connectivity index (χ2n) is 7.62. The molecule has 4 aromatic rings. The molecule has 0 fully saturated rings. The van der Waals surface area contributed by atoms with Gasteiger partial charge in [-0.15, -0.1) is 0 Å². The van der Waals surface area contributed by atoms with Crippen molar-refractivity contribution >= 4 is 21.6 Å². The van der Waals surface area contributed by atoms with Gasteiger partial charge in [0.25, 0.3) is 0 Å². The van der Waals surface area contributed by atoms with Crippen molar-refractivity contribution in [1.29, 1.82) is 0 Å². The normalized spacial score (nSPS) is 10.8. The van der Waals surface area contributed by atoms with Crippen LogP contribution in [0.3, 0.4) is 0 Å². The van der Waals surface area contributed by atoms with Gasteiger partial charge in [-0.3, -0.25) is 0 Å². The molecule has 4 aromatic carbocycles. The second kappa shape index (κ2) is 10.2. The van der Waals surface area contributed by atoms with Gasteiger partial charge in [-0.1, -0.05) is 81.2 Å². The van der Waals surface area contributed by atoms with Crippen LogP contribution in [0.4, 0.5) is 0 Å². The molecule has 0 aliphatic heterocycles. The van der Waals surface area contributed by atoms with Crippen molar-refractivity contribution in [3.8, 4) is 33.8 Å². The van der Waals surface area contributed by atoms with Crippen LogP contribution in [0.25, 0.3) is 22.3 Å². The molecule has 0 atom stereocenters. The SMILES string of the molecule is COc1ccc(-c2ccc(C)cc2)c(SSc2cc(OC)ccc2-c2ccc(C)cc2)c1. The van der Waals surface area contributed by atoms with Crippen LogP contribution in [0.1, 0.15) is 11.1 Å². The Morgan fingerprint density at radius 2 is 0.875 bits per heavy atom. The summed E-state index contributed by atoms with van der Waals surface area (Å²) in [5.74, 6) is 1.71. The summed E-state index contributed by atoms with van der Waals surface area (Å²) in [4.78, 5) is 2.33. The van der Waals surface area contributed by atoms with Crippen molar-refractivity contribution in [2.45, 2.75) is 23.6 Å². The summed E-state index contributed by atoms with van der Waals surface area (Å²) in [6.07, 6.45) is 0. The van der Waals surface area contributed by atoms with E-state index in [-0.39, 0.29) is 0 Å². The third-order valence-electron chi connectivity index (χ3n) is 5.32. The monoisotopic (exact) mass is 458 g/mol. The third-order valence-corrected chi connectivity index (χ3v) is 7.77. The lowest BCUT2D eigenvalue weighted by Gasteiger charge is -2.14. The Hall–Kier alpha value is -2.82. The molecule has 2 nitrogen and oxygen atoms in total. The van der Waals surface area contributed by atoms with Crippen molar-refractivity contribution < 1.29 is 9.47 Å². The fourth-order valence-corrected chi connectivity index (χ4v) is 5.86. The Labute approximate surface area is 198 Å². The second-order valence-corrected chi connectivity index (χ2v) is 9.84. The predicted octanol–water partition coefficient (Wildman–Crippen LogP) is 8.45. The molecule has 4 heteroatoms. The fourth-order valence-electron chi connectivity index (χ4n) is 3.43. The number of aryl methyl sites for hydroxylation is 2. The molecule has 0 aliphatic carbocycles. The first-order chi connectivity index (χ1) is 15.6. The van der Waals surface area contributed by atoms with Gasteiger partial charge in [-0.05, 0) is 72.5 Å². The van der Waals surface area contributed by atoms with Gasteiger partial charge < -0.3 is 9.47 Å². The Morgan fingerprint density at radius 3 is 1.22 bits per heavy atom. The van der Waals surface area contributed by atoms with Crippen LogP contribution >= 0.6 is 21.6 Å². The van der Waals surface area contributed by atoms with Crippen molar-refractivity contribution in [1.82, 2.24) is 0 Å². The Kier molecular flexibility index (Phi) is 7.13. The summed E-state index contributed by atoms with van der Waals surface area (Å²) < 4.78 is 11.0. The van der Waals surface area contributed by atoms with E-state index in [1.54, 1.807) is 35.8 Å². The molecule has 162 valence electrons. The summed E-state index contributed by atoms with van der Waals surface area (Å²) in [7, 11) is 6.90. The zero-order chi connectivity index (χ0) is 22.5. The van der Waals surface area contributed by atoms with Crippen LogP contribution in [0.15, 0.2) is 94.7 Å². The number of hydrogen-bond donors (Lipinski definition) is 0. The van der Waals surface area contributed by atoms with Gasteiger partial charge in [0.1, 0.15) is 11.5 Å². The number of benzene rings is 4. The third kappa shape index (κ3) is 5.14. The van der Waals surface area contributed by atoms with E-state index >= 15 is 0 Å². The molecule has 0 amide bonds. The van der Waals surface area contributed by atoms with Crippen molar-refractivity contribution in [3.05, 3.63) is 96.1 Å². The molecule has 32 heavy (non-hydrogen) atoms. The lowest BCUT2D eigenvalue weighted by Crippen LogP contribution is -1.88. The van der Waals surface area contributed by atoms with Gasteiger partial charge in [0.05, 0.1) is 14.2 Å². The molecular weight excluding hydrogens is 432 g/mol. The fraction of sp³-hybridized carbons (Fsp3) is 0.143. The highest BCUT2D eigenvalue weighted by atomic mass is 33.1. The molecule has 0 bridgehead atoms. The highest BCUT2D eigenvalue weighted by molar-refractivity contribution is 8.76. The first-order valence-corrected chi connectivity index (χ1v) is 12.6. The average molecular weight is 459 g/mol. The average Bonchev–Trinajstić information content (AvgIpc) is 2.83. The zero-order valence-corrected chi connectivity index (χ0v) is 20.3. The van der Waals surface area contributed by atoms with E-state index in [2.05, 4.69) is 86.6 Å². The van der Waals surface area contributed by atoms with Crippen LogP contribution in [-0.2, 0) is 0 Å². The number of hydrogen-bond acceptors (Lipinski definition) is 4. The standard InChI is InChI=1S/C28H26O2S2/c1-19-5-9-21(10-6-19)25-15-13-23(29-3)17-27(25)31-32-28-18-24(30-4)14-16-26(28)22-11-7-20(2)8-12-22/h5-18H,1-4H3. The van der Waals surface area contributed by atoms with E-state index in [4.69, 9.17) is 9.47 Å². The number of methoxy groups -OCH3 is 2. The molecule has 0 heterocycles. The zero-order valence-electron chi connectivity index (χ0n) is 18.7. The molecule has 0 saturated heterocycles. The maximum absolute atomic E-state index is 5.52. The Balaban J connectivity index is 1.70. The number of ether oxygens (including phenoxy) is 2. The lowest BCUT2D eigenvalue weighted by molar-refractivity contribution is 0.413. The Bertz CT molecular complexity index is 1100. The van der Waals surface area contributed by atoms with Gasteiger partial charge >= 0.3 is 0 Å². The first kappa shape index (κ1) is 22.4. The van der Waals surface area contributed by atoms with Gasteiger partial charge in [-0.2, -0.15) is 0 Å². The van der Waals surface area contributed by atoms with Crippen LogP contribution in [0, 0.1) is 13.8 Å². The maximum Gasteiger partial charge on any atom is 0.120 e. The minimum atomic E-state index is 0.855. The van der Waals surface area contributed by atoms with E-state index < -0.39 is 0 Å². The highest BCUT2D eigenvalue weighted by Crippen LogP contribution is 2.47. The molecule has 0 unspecified atom stereocenters. The molecule has 0 saturated carbocycles. The smallest absolute Gasteiger partial charge is 0.120 e. The summed E-state index contributed by atoms with van der Waals surface area (Å²) in [5.41, 5.74) is 7.30. The van der Waals surface area contributed by atoms with Crippen LogP contribution < -0.4 is 9.47 Å². The van der Waals surface area contributed by atoms with Crippen LogP contribution in [0.5, 0.6) is 11.5 Å². The van der Waals surface area contributed by atoms with E-state index in [9.17, 15) is 0 Å². The van der Waals surface area contributed by atoms with E-state index in [0.717, 1.165) is 21.3 Å². The lowest BCUT2D eigenvalue weighted by atomic mass is 10.0. The van der Waals surface area contributed by atoms with Gasteiger partial charge in [-0.25, -0.2) is 0 Å². The molecule has 0 aromatic heterocycles. The van der Waals surface area contributed by atoms with Gasteiger partial charge in [0.15, 0.2) is 0 Å². The van der Waals surface area contributed by atoms with Crippen LogP contribution in [0.2, 0.25) is 0 Å².